The van der Waals surface area contributed by atoms with Gasteiger partial charge in [0.1, 0.15) is 0 Å². The van der Waals surface area contributed by atoms with Gasteiger partial charge in [0, 0.05) is 5.41 Å². The van der Waals surface area contributed by atoms with Crippen LogP contribution in [-0.4, -0.2) is 24.4 Å². The Kier molecular flexibility index (Phi) is 1.46. The molecule has 58 valence electrons. The summed E-state index contributed by atoms with van der Waals surface area (Å²) in [4.78, 5) is 0. The molecule has 0 aromatic carbocycles. The van der Waals surface area contributed by atoms with Gasteiger partial charge in [-0.15, -0.1) is 0 Å². The summed E-state index contributed by atoms with van der Waals surface area (Å²) in [5.41, 5.74) is 0.197. The molecule has 2 rings (SSSR count). The first kappa shape index (κ1) is 6.62. The molecular weight excluding hydrogens is 128 g/mol. The summed E-state index contributed by atoms with van der Waals surface area (Å²) in [6, 6.07) is 0. The molecule has 0 atom stereocenters. The van der Waals surface area contributed by atoms with Crippen molar-refractivity contribution >= 4 is 0 Å². The standard InChI is InChI=1S/C8H14O2/c9-5-8(3-4-8)6-10-7-1-2-7/h7,9H,1-6H2. The van der Waals surface area contributed by atoms with E-state index in [1.54, 1.807) is 0 Å². The van der Waals surface area contributed by atoms with Crippen LogP contribution in [-0.2, 0) is 4.74 Å². The van der Waals surface area contributed by atoms with E-state index in [2.05, 4.69) is 0 Å². The lowest BCUT2D eigenvalue weighted by molar-refractivity contribution is 0.0511. The van der Waals surface area contributed by atoms with Gasteiger partial charge >= 0.3 is 0 Å². The van der Waals surface area contributed by atoms with Crippen molar-refractivity contribution in [3.05, 3.63) is 0 Å². The van der Waals surface area contributed by atoms with Crippen LogP contribution in [0.25, 0.3) is 0 Å². The minimum absolute atomic E-state index is 0.197. The number of ether oxygens (including phenoxy) is 1. The second-order valence-electron chi connectivity index (χ2n) is 3.67. The van der Waals surface area contributed by atoms with Gasteiger partial charge in [-0.25, -0.2) is 0 Å². The minimum Gasteiger partial charge on any atom is -0.396 e. The molecule has 0 aromatic rings. The maximum absolute atomic E-state index is 8.91. The van der Waals surface area contributed by atoms with Crippen molar-refractivity contribution in [2.45, 2.75) is 31.8 Å². The van der Waals surface area contributed by atoms with E-state index in [0.717, 1.165) is 19.4 Å². The van der Waals surface area contributed by atoms with Gasteiger partial charge in [-0.1, -0.05) is 0 Å². The van der Waals surface area contributed by atoms with Gasteiger partial charge in [0.25, 0.3) is 0 Å². The average Bonchev–Trinajstić information content (AvgIpc) is 2.83. The molecule has 0 bridgehead atoms. The lowest BCUT2D eigenvalue weighted by Crippen LogP contribution is -2.15. The van der Waals surface area contributed by atoms with Gasteiger partial charge in [0.05, 0.1) is 19.3 Å². The van der Waals surface area contributed by atoms with E-state index in [1.807, 2.05) is 0 Å². The maximum atomic E-state index is 8.91. The number of aliphatic hydroxyl groups is 1. The van der Waals surface area contributed by atoms with Crippen molar-refractivity contribution in [1.29, 1.82) is 0 Å². The fourth-order valence-corrected chi connectivity index (χ4v) is 1.05. The molecule has 1 N–H and O–H groups in total. The topological polar surface area (TPSA) is 29.5 Å². The molecule has 0 aromatic heterocycles. The van der Waals surface area contributed by atoms with Crippen molar-refractivity contribution in [3.8, 4) is 0 Å². The van der Waals surface area contributed by atoms with Crippen molar-refractivity contribution in [3.63, 3.8) is 0 Å². The van der Waals surface area contributed by atoms with Crippen LogP contribution in [0.2, 0.25) is 0 Å². The van der Waals surface area contributed by atoms with Crippen LogP contribution >= 0.6 is 0 Å². The molecule has 0 spiro atoms. The van der Waals surface area contributed by atoms with Crippen LogP contribution < -0.4 is 0 Å². The third-order valence-corrected chi connectivity index (χ3v) is 2.44. The monoisotopic (exact) mass is 142 g/mol. The van der Waals surface area contributed by atoms with E-state index in [9.17, 15) is 0 Å². The zero-order valence-corrected chi connectivity index (χ0v) is 6.18. The first-order valence-corrected chi connectivity index (χ1v) is 4.07. The number of hydrogen-bond donors (Lipinski definition) is 1. The average molecular weight is 142 g/mol. The zero-order valence-electron chi connectivity index (χ0n) is 6.18. The summed E-state index contributed by atoms with van der Waals surface area (Å²) in [6.45, 7) is 1.12. The first-order valence-electron chi connectivity index (χ1n) is 4.07. The Hall–Kier alpha value is -0.0800. The van der Waals surface area contributed by atoms with Crippen LogP contribution in [0.15, 0.2) is 0 Å². The Morgan fingerprint density at radius 2 is 2.10 bits per heavy atom. The first-order chi connectivity index (χ1) is 4.85. The normalized spacial score (nSPS) is 28.5. The molecule has 2 saturated carbocycles. The van der Waals surface area contributed by atoms with Crippen molar-refractivity contribution in [1.82, 2.24) is 0 Å². The molecule has 2 nitrogen and oxygen atoms in total. The van der Waals surface area contributed by atoms with E-state index < -0.39 is 0 Å². The predicted molar refractivity (Wildman–Crippen MR) is 37.7 cm³/mol. The summed E-state index contributed by atoms with van der Waals surface area (Å²) >= 11 is 0. The van der Waals surface area contributed by atoms with Gasteiger partial charge in [0.2, 0.25) is 0 Å². The Balaban J connectivity index is 1.68. The summed E-state index contributed by atoms with van der Waals surface area (Å²) < 4.78 is 5.51. The predicted octanol–water partition coefficient (Wildman–Crippen LogP) is 0.938. The molecule has 0 saturated heterocycles. The highest BCUT2D eigenvalue weighted by atomic mass is 16.5. The van der Waals surface area contributed by atoms with Crippen LogP contribution in [0.5, 0.6) is 0 Å². The molecule has 0 amide bonds. The molecular formula is C8H14O2. The summed E-state index contributed by atoms with van der Waals surface area (Å²) in [7, 11) is 0. The van der Waals surface area contributed by atoms with Gasteiger partial charge in [-0.2, -0.15) is 0 Å². The van der Waals surface area contributed by atoms with E-state index in [1.165, 1.54) is 12.8 Å². The Morgan fingerprint density at radius 3 is 2.50 bits per heavy atom. The van der Waals surface area contributed by atoms with Gasteiger partial charge in [-0.3, -0.25) is 0 Å². The highest BCUT2D eigenvalue weighted by Crippen LogP contribution is 2.46. The number of aliphatic hydroxyl groups excluding tert-OH is 1. The maximum Gasteiger partial charge on any atom is 0.0577 e. The molecule has 2 aliphatic rings. The van der Waals surface area contributed by atoms with Crippen LogP contribution in [0, 0.1) is 5.41 Å². The van der Waals surface area contributed by atoms with Crippen LogP contribution in [0.1, 0.15) is 25.7 Å². The Bertz CT molecular complexity index is 125. The smallest absolute Gasteiger partial charge is 0.0577 e. The lowest BCUT2D eigenvalue weighted by atomic mass is 10.1. The summed E-state index contributed by atoms with van der Waals surface area (Å²) in [5.74, 6) is 0. The third-order valence-electron chi connectivity index (χ3n) is 2.44. The Morgan fingerprint density at radius 1 is 1.40 bits per heavy atom. The largest absolute Gasteiger partial charge is 0.396 e. The molecule has 2 fully saturated rings. The number of rotatable bonds is 4. The van der Waals surface area contributed by atoms with Crippen LogP contribution in [0.3, 0.4) is 0 Å². The van der Waals surface area contributed by atoms with Gasteiger partial charge < -0.3 is 9.84 Å². The fraction of sp³-hybridized carbons (Fsp3) is 1.00. The summed E-state index contributed by atoms with van der Waals surface area (Å²) in [5, 5.41) is 8.91. The molecule has 0 heterocycles. The third kappa shape index (κ3) is 1.32. The van der Waals surface area contributed by atoms with Crippen molar-refractivity contribution in [2.24, 2.45) is 5.41 Å². The van der Waals surface area contributed by atoms with Crippen LogP contribution in [0.4, 0.5) is 0 Å². The SMILES string of the molecule is OCC1(COC2CC2)CC1. The number of hydrogen-bond acceptors (Lipinski definition) is 2. The van der Waals surface area contributed by atoms with E-state index in [0.29, 0.717) is 12.7 Å². The molecule has 0 aliphatic heterocycles. The van der Waals surface area contributed by atoms with E-state index in [4.69, 9.17) is 9.84 Å². The van der Waals surface area contributed by atoms with E-state index in [-0.39, 0.29) is 5.41 Å². The fourth-order valence-electron chi connectivity index (χ4n) is 1.05. The highest BCUT2D eigenvalue weighted by Gasteiger charge is 2.43. The molecule has 10 heavy (non-hydrogen) atoms. The second-order valence-corrected chi connectivity index (χ2v) is 3.67. The highest BCUT2D eigenvalue weighted by molar-refractivity contribution is 4.93. The van der Waals surface area contributed by atoms with E-state index >= 15 is 0 Å². The molecule has 0 unspecified atom stereocenters. The van der Waals surface area contributed by atoms with Gasteiger partial charge in [-0.05, 0) is 25.7 Å². The lowest BCUT2D eigenvalue weighted by Gasteiger charge is -2.10. The van der Waals surface area contributed by atoms with Crippen molar-refractivity contribution in [2.75, 3.05) is 13.2 Å². The molecule has 2 aliphatic carbocycles. The minimum atomic E-state index is 0.197. The molecule has 2 heteroatoms. The zero-order chi connectivity index (χ0) is 7.03. The Labute approximate surface area is 61.2 Å². The van der Waals surface area contributed by atoms with Crippen molar-refractivity contribution < 1.29 is 9.84 Å². The van der Waals surface area contributed by atoms with Gasteiger partial charge in [0.15, 0.2) is 0 Å². The summed E-state index contributed by atoms with van der Waals surface area (Å²) in [6.07, 6.45) is 5.35. The quantitative estimate of drug-likeness (QED) is 0.633. The molecule has 0 radical (unpaired) electrons. The second kappa shape index (κ2) is 2.21.